The zero-order chi connectivity index (χ0) is 20.4. The largest absolute Gasteiger partial charge is 0.322 e. The molecule has 0 aliphatic rings. The molecule has 7 heteroatoms. The molecular weight excluding hydrogens is 371 g/mol. The number of nitrogens with zero attached hydrogens (tertiary/aromatic N) is 3. The minimum absolute atomic E-state index is 0.251. The molecule has 0 aliphatic carbocycles. The molecule has 0 bridgehead atoms. The van der Waals surface area contributed by atoms with Gasteiger partial charge in [0.1, 0.15) is 5.82 Å². The first-order valence-electron chi connectivity index (χ1n) is 8.98. The average Bonchev–Trinajstić information content (AvgIpc) is 2.70. The number of aryl methyl sites for hydroxylation is 1. The summed E-state index contributed by atoms with van der Waals surface area (Å²) in [6.45, 7) is 2.06. The van der Waals surface area contributed by atoms with Crippen molar-refractivity contribution in [1.29, 1.82) is 0 Å². The lowest BCUT2D eigenvalue weighted by molar-refractivity contribution is 0.102. The Morgan fingerprint density at radius 3 is 2.79 bits per heavy atom. The summed E-state index contributed by atoms with van der Waals surface area (Å²) in [6.07, 6.45) is 5.04. The van der Waals surface area contributed by atoms with Gasteiger partial charge in [-0.1, -0.05) is 12.1 Å². The number of carbonyl (C=O) groups excluding carboxylic acids is 1. The van der Waals surface area contributed by atoms with E-state index in [0.29, 0.717) is 28.8 Å². The zero-order valence-electron chi connectivity index (χ0n) is 15.6. The van der Waals surface area contributed by atoms with Crippen LogP contribution in [-0.2, 0) is 6.54 Å². The van der Waals surface area contributed by atoms with Crippen molar-refractivity contribution in [3.63, 3.8) is 0 Å². The van der Waals surface area contributed by atoms with Gasteiger partial charge >= 0.3 is 0 Å². The number of pyridine rings is 3. The molecule has 0 spiro atoms. The van der Waals surface area contributed by atoms with Crippen LogP contribution < -0.4 is 10.9 Å². The van der Waals surface area contributed by atoms with E-state index >= 15 is 0 Å². The number of carbonyl (C=O) groups is 1. The summed E-state index contributed by atoms with van der Waals surface area (Å²) in [6, 6.07) is 12.6. The Hall–Kier alpha value is -3.87. The predicted molar refractivity (Wildman–Crippen MR) is 108 cm³/mol. The number of nitrogens with one attached hydrogen (secondary N) is 1. The molecule has 0 fully saturated rings. The Morgan fingerprint density at radius 2 is 2.03 bits per heavy atom. The van der Waals surface area contributed by atoms with Crippen molar-refractivity contribution in [3.05, 3.63) is 100 Å². The van der Waals surface area contributed by atoms with Crippen LogP contribution in [0.5, 0.6) is 0 Å². The summed E-state index contributed by atoms with van der Waals surface area (Å²) < 4.78 is 14.9. The van der Waals surface area contributed by atoms with E-state index in [9.17, 15) is 14.0 Å². The number of rotatable bonds is 4. The van der Waals surface area contributed by atoms with Gasteiger partial charge in [-0.2, -0.15) is 0 Å². The second kappa shape index (κ2) is 7.63. The third-order valence-corrected chi connectivity index (χ3v) is 4.55. The Bertz CT molecular complexity index is 1270. The second-order valence-electron chi connectivity index (χ2n) is 6.63. The fraction of sp³-hybridized carbons (Fsp3) is 0.0909. The molecular formula is C22H17FN4O2. The maximum Gasteiger partial charge on any atom is 0.260 e. The monoisotopic (exact) mass is 388 g/mol. The van der Waals surface area contributed by atoms with Crippen molar-refractivity contribution in [2.24, 2.45) is 0 Å². The number of hydrogen-bond acceptors (Lipinski definition) is 4. The van der Waals surface area contributed by atoms with E-state index in [0.717, 1.165) is 5.56 Å². The summed E-state index contributed by atoms with van der Waals surface area (Å²) in [7, 11) is 0. The summed E-state index contributed by atoms with van der Waals surface area (Å²) in [4.78, 5) is 34.1. The summed E-state index contributed by atoms with van der Waals surface area (Å²) >= 11 is 0. The van der Waals surface area contributed by atoms with Gasteiger partial charge in [0.15, 0.2) is 0 Å². The Balaban J connectivity index is 1.71. The van der Waals surface area contributed by atoms with Crippen LogP contribution >= 0.6 is 0 Å². The molecule has 6 nitrogen and oxygen atoms in total. The molecule has 0 unspecified atom stereocenters. The molecule has 1 aromatic carbocycles. The van der Waals surface area contributed by atoms with E-state index in [1.807, 2.05) is 6.07 Å². The van der Waals surface area contributed by atoms with Gasteiger partial charge in [-0.25, -0.2) is 4.39 Å². The van der Waals surface area contributed by atoms with E-state index in [-0.39, 0.29) is 11.1 Å². The lowest BCUT2D eigenvalue weighted by Crippen LogP contribution is -2.22. The average molecular weight is 388 g/mol. The highest BCUT2D eigenvalue weighted by atomic mass is 19.1. The van der Waals surface area contributed by atoms with Gasteiger partial charge in [-0.05, 0) is 48.9 Å². The number of anilines is 1. The molecule has 0 atom stereocenters. The fourth-order valence-electron chi connectivity index (χ4n) is 3.11. The van der Waals surface area contributed by atoms with Gasteiger partial charge in [0.2, 0.25) is 0 Å². The highest BCUT2D eigenvalue weighted by Crippen LogP contribution is 2.17. The van der Waals surface area contributed by atoms with Crippen molar-refractivity contribution in [2.75, 3.05) is 5.32 Å². The van der Waals surface area contributed by atoms with Crippen LogP contribution in [0.1, 0.15) is 21.6 Å². The molecule has 0 saturated heterocycles. The molecule has 29 heavy (non-hydrogen) atoms. The maximum atomic E-state index is 13.4. The van der Waals surface area contributed by atoms with Crippen molar-refractivity contribution < 1.29 is 9.18 Å². The van der Waals surface area contributed by atoms with Gasteiger partial charge in [-0.15, -0.1) is 0 Å². The van der Waals surface area contributed by atoms with Crippen LogP contribution in [0.4, 0.5) is 10.1 Å². The molecule has 1 N–H and O–H groups in total. The smallest absolute Gasteiger partial charge is 0.260 e. The normalized spacial score (nSPS) is 10.8. The van der Waals surface area contributed by atoms with Crippen LogP contribution in [-0.4, -0.2) is 20.4 Å². The predicted octanol–water partition coefficient (Wildman–Crippen LogP) is 3.54. The molecule has 4 aromatic rings. The molecule has 4 rings (SSSR count). The van der Waals surface area contributed by atoms with E-state index in [2.05, 4.69) is 15.3 Å². The van der Waals surface area contributed by atoms with Gasteiger partial charge in [0.25, 0.3) is 11.5 Å². The molecule has 0 aliphatic heterocycles. The highest BCUT2D eigenvalue weighted by Gasteiger charge is 2.15. The van der Waals surface area contributed by atoms with Crippen LogP contribution in [0.2, 0.25) is 0 Å². The van der Waals surface area contributed by atoms with Crippen LogP contribution in [0.3, 0.4) is 0 Å². The van der Waals surface area contributed by atoms with E-state index in [1.54, 1.807) is 48.3 Å². The minimum atomic E-state index is -0.454. The van der Waals surface area contributed by atoms with Crippen molar-refractivity contribution in [3.8, 4) is 0 Å². The van der Waals surface area contributed by atoms with Crippen molar-refractivity contribution >= 4 is 22.5 Å². The lowest BCUT2D eigenvalue weighted by Gasteiger charge is -2.11. The number of benzene rings is 1. The topological polar surface area (TPSA) is 76.9 Å². The van der Waals surface area contributed by atoms with Crippen LogP contribution in [0, 0.1) is 12.7 Å². The minimum Gasteiger partial charge on any atom is -0.322 e. The standard InChI is InChI=1S/C22H17FN4O2/c1-14-18(21(28)26-17-6-2-5-16(23)10-17)11-19-20(25-14)7-9-27(22(19)29)13-15-4-3-8-24-12-15/h2-12H,13H2,1H3,(H,26,28). The summed E-state index contributed by atoms with van der Waals surface area (Å²) in [5.74, 6) is -0.904. The number of fused-ring (bicyclic) bond motifs is 1. The highest BCUT2D eigenvalue weighted by molar-refractivity contribution is 6.06. The number of aromatic nitrogens is 3. The Kier molecular flexibility index (Phi) is 4.87. The third-order valence-electron chi connectivity index (χ3n) is 4.55. The van der Waals surface area contributed by atoms with E-state index in [1.165, 1.54) is 24.3 Å². The molecule has 3 heterocycles. The van der Waals surface area contributed by atoms with Gasteiger partial charge < -0.3 is 9.88 Å². The molecule has 0 saturated carbocycles. The van der Waals surface area contributed by atoms with Crippen LogP contribution in [0.15, 0.2) is 71.9 Å². The summed E-state index contributed by atoms with van der Waals surface area (Å²) in [5.41, 5.74) is 2.22. The lowest BCUT2D eigenvalue weighted by atomic mass is 10.1. The van der Waals surface area contributed by atoms with Crippen LogP contribution in [0.25, 0.3) is 10.9 Å². The molecule has 144 valence electrons. The van der Waals surface area contributed by atoms with Gasteiger partial charge in [0, 0.05) is 24.3 Å². The fourth-order valence-corrected chi connectivity index (χ4v) is 3.11. The quantitative estimate of drug-likeness (QED) is 0.580. The summed E-state index contributed by atoms with van der Waals surface area (Å²) in [5, 5.41) is 2.98. The third kappa shape index (κ3) is 3.89. The SMILES string of the molecule is Cc1nc2ccn(Cc3cccnc3)c(=O)c2cc1C(=O)Nc1cccc(F)c1. The van der Waals surface area contributed by atoms with Crippen molar-refractivity contribution in [1.82, 2.24) is 14.5 Å². The van der Waals surface area contributed by atoms with Gasteiger partial charge in [0.05, 0.1) is 28.7 Å². The number of halogens is 1. The van der Waals surface area contributed by atoms with Crippen molar-refractivity contribution in [2.45, 2.75) is 13.5 Å². The zero-order valence-corrected chi connectivity index (χ0v) is 15.6. The Labute approximate surface area is 165 Å². The first-order valence-corrected chi connectivity index (χ1v) is 8.98. The number of hydrogen-bond donors (Lipinski definition) is 1. The first kappa shape index (κ1) is 18.5. The second-order valence-corrected chi connectivity index (χ2v) is 6.63. The molecule has 0 radical (unpaired) electrons. The van der Waals surface area contributed by atoms with E-state index in [4.69, 9.17) is 0 Å². The van der Waals surface area contributed by atoms with E-state index < -0.39 is 11.7 Å². The molecule has 3 aromatic heterocycles. The Morgan fingerprint density at radius 1 is 1.17 bits per heavy atom. The maximum absolute atomic E-state index is 13.4. The van der Waals surface area contributed by atoms with Gasteiger partial charge in [-0.3, -0.25) is 19.6 Å². The number of amides is 1. The molecule has 1 amide bonds. The first-order chi connectivity index (χ1) is 14.0.